The molecular formula is C42H45N5O7. The van der Waals surface area contributed by atoms with E-state index in [0.717, 1.165) is 66.7 Å². The smallest absolute Gasteiger partial charge is 0.305 e. The minimum atomic E-state index is -0.961. The number of nitrogens with zero attached hydrogens (tertiary/aromatic N) is 3. The van der Waals surface area contributed by atoms with Gasteiger partial charge in [0.1, 0.15) is 0 Å². The predicted molar refractivity (Wildman–Crippen MR) is 205 cm³/mol. The summed E-state index contributed by atoms with van der Waals surface area (Å²) in [6, 6.07) is 7.88. The molecule has 1 saturated heterocycles. The molecular weight excluding hydrogens is 686 g/mol. The van der Waals surface area contributed by atoms with Crippen molar-refractivity contribution in [2.75, 3.05) is 27.4 Å². The minimum absolute atomic E-state index is 0.0545. The zero-order valence-electron chi connectivity index (χ0n) is 31.5. The summed E-state index contributed by atoms with van der Waals surface area (Å²) in [5.41, 5.74) is 11.1. The Bertz CT molecular complexity index is 2380. The molecule has 3 aromatic heterocycles. The number of carbonyl (C=O) groups excluding carboxylic acids is 4. The highest BCUT2D eigenvalue weighted by Crippen LogP contribution is 2.56. The third-order valence-electron chi connectivity index (χ3n) is 11.8. The number of allylic oxidation sites excluding steroid dienone is 4. The Hall–Kier alpha value is -5.62. The van der Waals surface area contributed by atoms with Gasteiger partial charge in [0.2, 0.25) is 11.8 Å². The van der Waals surface area contributed by atoms with Crippen LogP contribution in [0.4, 0.5) is 0 Å². The van der Waals surface area contributed by atoms with Crippen LogP contribution >= 0.6 is 0 Å². The van der Waals surface area contributed by atoms with Crippen molar-refractivity contribution in [3.05, 3.63) is 81.9 Å². The molecule has 12 nitrogen and oxygen atoms in total. The third-order valence-corrected chi connectivity index (χ3v) is 11.8. The van der Waals surface area contributed by atoms with Gasteiger partial charge in [0.05, 0.1) is 62.0 Å². The van der Waals surface area contributed by atoms with Crippen molar-refractivity contribution in [2.45, 2.75) is 65.2 Å². The quantitative estimate of drug-likeness (QED) is 0.179. The third kappa shape index (κ3) is 5.80. The van der Waals surface area contributed by atoms with Crippen LogP contribution in [0.25, 0.3) is 44.9 Å². The fourth-order valence-corrected chi connectivity index (χ4v) is 8.74. The Morgan fingerprint density at radius 1 is 0.907 bits per heavy atom. The molecule has 12 heteroatoms. The first-order valence-corrected chi connectivity index (χ1v) is 18.2. The topological polar surface area (TPSA) is 168 Å². The van der Waals surface area contributed by atoms with E-state index in [1.807, 2.05) is 58.0 Å². The van der Waals surface area contributed by atoms with Gasteiger partial charge in [-0.25, -0.2) is 4.98 Å². The average molecular weight is 732 g/mol. The van der Waals surface area contributed by atoms with E-state index in [1.54, 1.807) is 6.08 Å². The van der Waals surface area contributed by atoms with Crippen LogP contribution in [0.2, 0.25) is 0 Å². The molecule has 2 amide bonds. The maximum atomic E-state index is 14.1. The number of hydrogen-bond donors (Lipinski definition) is 3. The first-order valence-electron chi connectivity index (χ1n) is 18.2. The molecule has 0 unspecified atom stereocenters. The number of aromatic amines is 2. The Morgan fingerprint density at radius 3 is 2.24 bits per heavy atom. The van der Waals surface area contributed by atoms with Gasteiger partial charge in [0, 0.05) is 45.9 Å². The van der Waals surface area contributed by atoms with Crippen LogP contribution < -0.4 is 0 Å². The van der Waals surface area contributed by atoms with Gasteiger partial charge in [0.25, 0.3) is 0 Å². The number of rotatable bonds is 9. The second-order valence-electron chi connectivity index (χ2n) is 14.5. The number of fused-ring (bicyclic) bond motifs is 13. The van der Waals surface area contributed by atoms with E-state index in [9.17, 15) is 24.3 Å². The summed E-state index contributed by atoms with van der Waals surface area (Å²) in [6.45, 7) is 11.7. The maximum Gasteiger partial charge on any atom is 0.305 e. The molecule has 3 N–H and O–H groups in total. The first-order chi connectivity index (χ1) is 25.9. The van der Waals surface area contributed by atoms with Crippen molar-refractivity contribution in [3.63, 3.8) is 0 Å². The fourth-order valence-electron chi connectivity index (χ4n) is 8.74. The molecule has 3 atom stereocenters. The molecule has 6 heterocycles. The minimum Gasteiger partial charge on any atom is -0.469 e. The van der Waals surface area contributed by atoms with Crippen LogP contribution in [-0.2, 0) is 40.5 Å². The number of nitrogens with one attached hydrogen (secondary N) is 2. The van der Waals surface area contributed by atoms with Gasteiger partial charge in [-0.2, -0.15) is 0 Å². The summed E-state index contributed by atoms with van der Waals surface area (Å²) in [5, 5.41) is 9.74. The number of aliphatic hydroxyl groups excluding tert-OH is 1. The number of H-pyrrole nitrogens is 2. The van der Waals surface area contributed by atoms with Crippen LogP contribution in [0.3, 0.4) is 0 Å². The number of methoxy groups -OCH3 is 2. The van der Waals surface area contributed by atoms with Crippen LogP contribution in [0, 0.1) is 25.7 Å². The van der Waals surface area contributed by atoms with Crippen molar-refractivity contribution < 1.29 is 33.8 Å². The molecule has 4 aliphatic rings. The summed E-state index contributed by atoms with van der Waals surface area (Å²) in [4.78, 5) is 71.1. The molecule has 3 aromatic rings. The highest BCUT2D eigenvalue weighted by atomic mass is 16.5. The van der Waals surface area contributed by atoms with Crippen LogP contribution in [0.1, 0.15) is 84.6 Å². The van der Waals surface area contributed by atoms with E-state index in [0.29, 0.717) is 36.3 Å². The van der Waals surface area contributed by atoms with E-state index in [4.69, 9.17) is 19.4 Å². The number of imide groups is 1. The molecule has 8 bridgehead atoms. The van der Waals surface area contributed by atoms with E-state index in [-0.39, 0.29) is 49.7 Å². The lowest BCUT2D eigenvalue weighted by Gasteiger charge is -2.37. The van der Waals surface area contributed by atoms with E-state index < -0.39 is 17.3 Å². The standard InChI is InChI=1S/C42H45N5O7/c1-8-24-21(2)29-17-30-22(3)25(10-13-37(49)53-6)32(43-30)19-33-26(11-14-38(50)54-7)23(4)31(44-33)18-35-28-12-9-27-39(41(52)47(15-16-48)40(27)51)42(28,5)36(46-35)20-34(24)45-29/h8,12,17-20,27,39,44-45,48H,1,9-11,13-16H2,2-7H3/t27-,39+,42-/m1/s1. The maximum absolute atomic E-state index is 14.1. The SMILES string of the molecule is C=Cc1c(C)c2cc3nc(cc4[nH]c(cc5nc(cc1[nH]2)[C@@]1(C)C5=CC[C@H]2C(=O)N(CCO)C(=O)[C@H]21)c(C)c4CCC(=O)OC)C(CCC(=O)OC)=C3C. The molecule has 7 rings (SSSR count). The molecule has 54 heavy (non-hydrogen) atoms. The van der Waals surface area contributed by atoms with Gasteiger partial charge in [-0.1, -0.05) is 18.7 Å². The van der Waals surface area contributed by atoms with Crippen molar-refractivity contribution in [1.82, 2.24) is 24.8 Å². The molecule has 3 aliphatic heterocycles. The molecule has 0 spiro atoms. The van der Waals surface area contributed by atoms with Crippen molar-refractivity contribution in [2.24, 2.45) is 11.8 Å². The van der Waals surface area contributed by atoms with E-state index in [2.05, 4.69) is 16.5 Å². The average Bonchev–Trinajstić information content (AvgIpc) is 3.87. The van der Waals surface area contributed by atoms with Crippen molar-refractivity contribution in [1.29, 1.82) is 0 Å². The number of aromatic nitrogens is 4. The first kappa shape index (κ1) is 36.7. The zero-order chi connectivity index (χ0) is 38.6. The molecule has 1 fully saturated rings. The fraction of sp³-hybridized carbons (Fsp3) is 0.381. The van der Waals surface area contributed by atoms with E-state index >= 15 is 0 Å². The number of likely N-dealkylation sites (tertiary alicyclic amines) is 1. The number of amides is 2. The molecule has 0 radical (unpaired) electrons. The lowest BCUT2D eigenvalue weighted by Crippen LogP contribution is -2.42. The van der Waals surface area contributed by atoms with Crippen LogP contribution in [-0.4, -0.2) is 81.1 Å². The summed E-state index contributed by atoms with van der Waals surface area (Å²) in [6.07, 6.45) is 5.35. The Balaban J connectivity index is 1.56. The van der Waals surface area contributed by atoms with Gasteiger partial charge < -0.3 is 24.5 Å². The zero-order valence-corrected chi connectivity index (χ0v) is 31.5. The van der Waals surface area contributed by atoms with E-state index in [1.165, 1.54) is 19.1 Å². The van der Waals surface area contributed by atoms with Gasteiger partial charge in [-0.05, 0) is 105 Å². The van der Waals surface area contributed by atoms with Gasteiger partial charge >= 0.3 is 11.9 Å². The van der Waals surface area contributed by atoms with Gasteiger partial charge in [0.15, 0.2) is 0 Å². The monoisotopic (exact) mass is 731 g/mol. The lowest BCUT2D eigenvalue weighted by atomic mass is 9.61. The molecule has 0 saturated carbocycles. The summed E-state index contributed by atoms with van der Waals surface area (Å²) >= 11 is 0. The Morgan fingerprint density at radius 2 is 1.56 bits per heavy atom. The number of aliphatic hydroxyl groups is 1. The van der Waals surface area contributed by atoms with Crippen LogP contribution in [0.15, 0.2) is 36.9 Å². The Kier molecular flexibility index (Phi) is 9.51. The number of hydrogen-bond acceptors (Lipinski definition) is 9. The van der Waals surface area contributed by atoms with Crippen LogP contribution in [0.5, 0.6) is 0 Å². The highest BCUT2D eigenvalue weighted by molar-refractivity contribution is 6.08. The number of esters is 2. The lowest BCUT2D eigenvalue weighted by molar-refractivity contribution is -0.141. The highest BCUT2D eigenvalue weighted by Gasteiger charge is 2.60. The van der Waals surface area contributed by atoms with Crippen molar-refractivity contribution >= 4 is 68.6 Å². The summed E-state index contributed by atoms with van der Waals surface area (Å²) in [5.74, 6) is -2.53. The second-order valence-corrected chi connectivity index (χ2v) is 14.5. The van der Waals surface area contributed by atoms with Gasteiger partial charge in [-0.15, -0.1) is 0 Å². The predicted octanol–water partition coefficient (Wildman–Crippen LogP) is 5.90. The number of carbonyl (C=O) groups is 4. The number of ether oxygens (including phenoxy) is 2. The summed E-state index contributed by atoms with van der Waals surface area (Å²) < 4.78 is 9.96. The number of aryl methyl sites for hydroxylation is 3. The Labute approximate surface area is 313 Å². The molecule has 0 aromatic carbocycles. The molecule has 280 valence electrons. The normalized spacial score (nSPS) is 20.5. The van der Waals surface area contributed by atoms with Crippen molar-refractivity contribution in [3.8, 4) is 0 Å². The van der Waals surface area contributed by atoms with Gasteiger partial charge in [-0.3, -0.25) is 29.1 Å². The largest absolute Gasteiger partial charge is 0.469 e. The molecule has 1 aliphatic carbocycles. The number of β-amino-alcohol motifs (C(OH)–C–C–N with tert-alkyl or cyclic N) is 1. The summed E-state index contributed by atoms with van der Waals surface area (Å²) in [7, 11) is 2.75. The second kappa shape index (κ2) is 14.0.